The second-order valence-corrected chi connectivity index (χ2v) is 11.0. The van der Waals surface area contributed by atoms with Crippen LogP contribution >= 0.6 is 23.1 Å². The van der Waals surface area contributed by atoms with E-state index in [1.807, 2.05) is 22.9 Å². The number of thiophene rings is 1. The molecule has 164 valence electrons. The Kier molecular flexibility index (Phi) is 6.47. The molecule has 8 nitrogen and oxygen atoms in total. The highest BCUT2D eigenvalue weighted by Gasteiger charge is 2.20. The molecule has 0 atom stereocenters. The molecular formula is C20H23N5O3S3. The van der Waals surface area contributed by atoms with Gasteiger partial charge in [-0.15, -0.1) is 0 Å². The highest BCUT2D eigenvalue weighted by atomic mass is 32.2. The monoisotopic (exact) mass is 477 g/mol. The molecule has 0 aliphatic carbocycles. The third kappa shape index (κ3) is 4.54. The van der Waals surface area contributed by atoms with Crippen LogP contribution < -0.4 is 0 Å². The Morgan fingerprint density at radius 3 is 2.77 bits per heavy atom. The van der Waals surface area contributed by atoms with Crippen molar-refractivity contribution in [2.45, 2.75) is 42.1 Å². The van der Waals surface area contributed by atoms with Gasteiger partial charge in [0.2, 0.25) is 21.7 Å². The van der Waals surface area contributed by atoms with Gasteiger partial charge in [0.1, 0.15) is 0 Å². The van der Waals surface area contributed by atoms with Crippen molar-refractivity contribution < 1.29 is 12.9 Å². The van der Waals surface area contributed by atoms with Crippen LogP contribution in [-0.2, 0) is 22.3 Å². The van der Waals surface area contributed by atoms with E-state index in [9.17, 15) is 8.42 Å². The molecule has 0 saturated carbocycles. The normalized spacial score (nSPS) is 12.3. The molecule has 0 saturated heterocycles. The molecule has 0 spiro atoms. The average Bonchev–Trinajstić information content (AvgIpc) is 3.49. The number of unbranched alkanes of at least 4 members (excludes halogenated alkanes) is 1. The molecule has 11 heteroatoms. The maximum absolute atomic E-state index is 12.5. The Morgan fingerprint density at radius 2 is 2.06 bits per heavy atom. The van der Waals surface area contributed by atoms with Crippen molar-refractivity contribution in [2.24, 2.45) is 0 Å². The molecule has 3 aromatic heterocycles. The fourth-order valence-electron chi connectivity index (χ4n) is 3.05. The number of thioether (sulfide) groups is 1. The second-order valence-electron chi connectivity index (χ2n) is 7.15. The molecule has 3 heterocycles. The molecular weight excluding hydrogens is 454 g/mol. The highest BCUT2D eigenvalue weighted by molar-refractivity contribution is 7.98. The first kappa shape index (κ1) is 22.0. The summed E-state index contributed by atoms with van der Waals surface area (Å²) >= 11 is 3.09. The first-order chi connectivity index (χ1) is 14.9. The highest BCUT2D eigenvalue weighted by Crippen LogP contribution is 2.29. The Morgan fingerprint density at radius 1 is 1.23 bits per heavy atom. The van der Waals surface area contributed by atoms with Crippen molar-refractivity contribution in [2.75, 3.05) is 14.1 Å². The van der Waals surface area contributed by atoms with Crippen molar-refractivity contribution in [3.63, 3.8) is 0 Å². The van der Waals surface area contributed by atoms with Gasteiger partial charge in [0.15, 0.2) is 5.16 Å². The number of fused-ring (bicyclic) bond motifs is 1. The summed E-state index contributed by atoms with van der Waals surface area (Å²) in [6.45, 7) is 2.94. The molecule has 0 unspecified atom stereocenters. The zero-order valence-corrected chi connectivity index (χ0v) is 19.9. The smallest absolute Gasteiger partial charge is 0.242 e. The standard InChI is InChI=1S/C20H23N5O3S3/c1-4-5-9-25-17-7-6-15(31(26,27)24(2)3)11-16(17)21-20(25)30-13-18-22-19(23-28-18)14-8-10-29-12-14/h6-8,10-12H,4-5,9,13H2,1-3H3. The van der Waals surface area contributed by atoms with Gasteiger partial charge in [-0.25, -0.2) is 17.7 Å². The number of hydrogen-bond donors (Lipinski definition) is 0. The summed E-state index contributed by atoms with van der Waals surface area (Å²) in [6.07, 6.45) is 2.05. The molecule has 0 aliphatic heterocycles. The van der Waals surface area contributed by atoms with Gasteiger partial charge in [-0.2, -0.15) is 16.3 Å². The van der Waals surface area contributed by atoms with Crippen LogP contribution in [0, 0.1) is 0 Å². The Labute approximate surface area is 189 Å². The summed E-state index contributed by atoms with van der Waals surface area (Å²) in [4.78, 5) is 9.43. The van der Waals surface area contributed by atoms with Crippen molar-refractivity contribution >= 4 is 44.2 Å². The maximum atomic E-state index is 12.5. The summed E-state index contributed by atoms with van der Waals surface area (Å²) in [6, 6.07) is 7.07. The van der Waals surface area contributed by atoms with E-state index in [4.69, 9.17) is 9.51 Å². The fourth-order valence-corrected chi connectivity index (χ4v) is 5.48. The molecule has 31 heavy (non-hydrogen) atoms. The first-order valence-corrected chi connectivity index (χ1v) is 13.2. The quantitative estimate of drug-likeness (QED) is 0.328. The molecule has 0 aliphatic rings. The Balaban J connectivity index is 1.62. The molecule has 0 fully saturated rings. The third-order valence-electron chi connectivity index (χ3n) is 4.77. The van der Waals surface area contributed by atoms with Gasteiger partial charge in [-0.1, -0.05) is 30.3 Å². The van der Waals surface area contributed by atoms with E-state index in [0.717, 1.165) is 35.6 Å². The molecule has 0 bridgehead atoms. The summed E-state index contributed by atoms with van der Waals surface area (Å²) < 4.78 is 33.8. The van der Waals surface area contributed by atoms with Crippen LogP contribution in [0.1, 0.15) is 25.7 Å². The number of aromatic nitrogens is 4. The predicted molar refractivity (Wildman–Crippen MR) is 123 cm³/mol. The van der Waals surface area contributed by atoms with Crippen LogP contribution in [0.5, 0.6) is 0 Å². The van der Waals surface area contributed by atoms with E-state index < -0.39 is 10.0 Å². The van der Waals surface area contributed by atoms with Crippen molar-refractivity contribution in [1.82, 2.24) is 24.0 Å². The SMILES string of the molecule is CCCCn1c(SCc2nc(-c3ccsc3)no2)nc2cc(S(=O)(=O)N(C)C)ccc21. The summed E-state index contributed by atoms with van der Waals surface area (Å²) in [5.74, 6) is 1.58. The van der Waals surface area contributed by atoms with E-state index in [1.54, 1.807) is 23.5 Å². The van der Waals surface area contributed by atoms with Crippen LogP contribution in [0.15, 0.2) is 49.6 Å². The number of benzene rings is 1. The summed E-state index contributed by atoms with van der Waals surface area (Å²) in [5.41, 5.74) is 2.51. The van der Waals surface area contributed by atoms with Gasteiger partial charge in [-0.3, -0.25) is 0 Å². The molecule has 0 radical (unpaired) electrons. The van der Waals surface area contributed by atoms with Crippen LogP contribution in [0.25, 0.3) is 22.4 Å². The largest absolute Gasteiger partial charge is 0.338 e. The summed E-state index contributed by atoms with van der Waals surface area (Å²) in [5, 5.41) is 8.80. The topological polar surface area (TPSA) is 94.1 Å². The zero-order valence-electron chi connectivity index (χ0n) is 17.5. The zero-order chi connectivity index (χ0) is 22.0. The molecule has 0 amide bonds. The van der Waals surface area contributed by atoms with E-state index in [2.05, 4.69) is 21.6 Å². The van der Waals surface area contributed by atoms with E-state index in [0.29, 0.717) is 23.0 Å². The Hall–Kier alpha value is -2.21. The number of rotatable bonds is 9. The van der Waals surface area contributed by atoms with E-state index in [-0.39, 0.29) is 4.90 Å². The second kappa shape index (κ2) is 9.11. The number of imidazole rings is 1. The van der Waals surface area contributed by atoms with Crippen molar-refractivity contribution in [1.29, 1.82) is 0 Å². The number of nitrogens with zero attached hydrogens (tertiary/aromatic N) is 5. The van der Waals surface area contributed by atoms with E-state index >= 15 is 0 Å². The van der Waals surface area contributed by atoms with Gasteiger partial charge in [0, 0.05) is 31.6 Å². The van der Waals surface area contributed by atoms with Gasteiger partial charge in [0.05, 0.1) is 21.7 Å². The van der Waals surface area contributed by atoms with Crippen molar-refractivity contribution in [3.05, 3.63) is 40.9 Å². The molecule has 1 aromatic carbocycles. The van der Waals surface area contributed by atoms with Crippen LogP contribution in [0.4, 0.5) is 0 Å². The van der Waals surface area contributed by atoms with Gasteiger partial charge in [0.25, 0.3) is 0 Å². The minimum atomic E-state index is -3.52. The number of sulfonamides is 1. The maximum Gasteiger partial charge on any atom is 0.242 e. The lowest BCUT2D eigenvalue weighted by Gasteiger charge is -2.11. The number of hydrogen-bond acceptors (Lipinski definition) is 8. The first-order valence-electron chi connectivity index (χ1n) is 9.81. The molecule has 4 aromatic rings. The third-order valence-corrected chi connectivity index (χ3v) is 8.23. The van der Waals surface area contributed by atoms with Gasteiger partial charge < -0.3 is 9.09 Å². The minimum Gasteiger partial charge on any atom is -0.338 e. The lowest BCUT2D eigenvalue weighted by Crippen LogP contribution is -2.22. The fraction of sp³-hybridized carbons (Fsp3) is 0.350. The van der Waals surface area contributed by atoms with Gasteiger partial charge >= 0.3 is 0 Å². The summed E-state index contributed by atoms with van der Waals surface area (Å²) in [7, 11) is -0.472. The lowest BCUT2D eigenvalue weighted by molar-refractivity contribution is 0.391. The van der Waals surface area contributed by atoms with E-state index in [1.165, 1.54) is 30.2 Å². The lowest BCUT2D eigenvalue weighted by atomic mass is 10.3. The van der Waals surface area contributed by atoms with Crippen LogP contribution in [0.2, 0.25) is 0 Å². The van der Waals surface area contributed by atoms with Crippen molar-refractivity contribution in [3.8, 4) is 11.4 Å². The average molecular weight is 478 g/mol. The van der Waals surface area contributed by atoms with Crippen LogP contribution in [0.3, 0.4) is 0 Å². The molecule has 4 rings (SSSR count). The van der Waals surface area contributed by atoms with Crippen LogP contribution in [-0.4, -0.2) is 46.5 Å². The Bertz CT molecular complexity index is 1280. The molecule has 0 N–H and O–H groups in total. The van der Waals surface area contributed by atoms with Gasteiger partial charge in [-0.05, 0) is 36.1 Å². The number of aryl methyl sites for hydroxylation is 1. The minimum absolute atomic E-state index is 0.235. The predicted octanol–water partition coefficient (Wildman–Crippen LogP) is 4.49.